The Morgan fingerprint density at radius 3 is 2.72 bits per heavy atom. The Labute approximate surface area is 112 Å². The monoisotopic (exact) mass is 268 g/mol. The van der Waals surface area contributed by atoms with Crippen LogP contribution in [0.1, 0.15) is 6.92 Å². The summed E-state index contributed by atoms with van der Waals surface area (Å²) in [5.41, 5.74) is 0.818. The van der Waals surface area contributed by atoms with E-state index in [4.69, 9.17) is 11.6 Å². The Bertz CT molecular complexity index is 422. The van der Waals surface area contributed by atoms with Crippen LogP contribution in [0.4, 0.5) is 5.69 Å². The predicted molar refractivity (Wildman–Crippen MR) is 71.8 cm³/mol. The van der Waals surface area contributed by atoms with Crippen molar-refractivity contribution in [2.75, 3.05) is 24.6 Å². The van der Waals surface area contributed by atoms with Gasteiger partial charge in [-0.3, -0.25) is 4.79 Å². The molecule has 5 heteroatoms. The van der Waals surface area contributed by atoms with E-state index in [1.54, 1.807) is 17.0 Å². The minimum absolute atomic E-state index is 0.0934. The minimum Gasteiger partial charge on any atom is -0.394 e. The number of nitrogens with one attached hydrogen (secondary N) is 1. The van der Waals surface area contributed by atoms with Crippen LogP contribution in [0.5, 0.6) is 0 Å². The van der Waals surface area contributed by atoms with Gasteiger partial charge < -0.3 is 15.3 Å². The quantitative estimate of drug-likeness (QED) is 0.849. The molecular formula is C13H17ClN2O2. The van der Waals surface area contributed by atoms with E-state index in [1.165, 1.54) is 0 Å². The average molecular weight is 269 g/mol. The molecule has 1 aliphatic rings. The Kier molecular flexibility index (Phi) is 4.22. The standard InChI is InChI=1S/C13H17ClN2O2/c1-9-6-15-12(8-17)13(18)16(7-9)11-4-2-10(14)3-5-11/h2-5,9,12,15,17H,6-8H2,1H3. The summed E-state index contributed by atoms with van der Waals surface area (Å²) in [7, 11) is 0. The third-order valence-corrected chi connectivity index (χ3v) is 3.34. The molecule has 1 heterocycles. The van der Waals surface area contributed by atoms with E-state index in [1.807, 2.05) is 12.1 Å². The third kappa shape index (κ3) is 2.83. The number of anilines is 1. The number of nitrogens with zero attached hydrogens (tertiary/aromatic N) is 1. The van der Waals surface area contributed by atoms with Crippen LogP contribution >= 0.6 is 11.6 Å². The first-order chi connectivity index (χ1) is 8.61. The van der Waals surface area contributed by atoms with Gasteiger partial charge in [-0.2, -0.15) is 0 Å². The highest BCUT2D eigenvalue weighted by Gasteiger charge is 2.29. The zero-order chi connectivity index (χ0) is 13.1. The lowest BCUT2D eigenvalue weighted by atomic mass is 10.1. The van der Waals surface area contributed by atoms with Crippen molar-refractivity contribution in [2.24, 2.45) is 5.92 Å². The summed E-state index contributed by atoms with van der Waals surface area (Å²) in [6.45, 7) is 3.25. The molecule has 1 aromatic rings. The molecule has 2 unspecified atom stereocenters. The Hall–Kier alpha value is -1.10. The lowest BCUT2D eigenvalue weighted by molar-refractivity contribution is -0.121. The van der Waals surface area contributed by atoms with Crippen LogP contribution < -0.4 is 10.2 Å². The van der Waals surface area contributed by atoms with Gasteiger partial charge in [0.2, 0.25) is 5.91 Å². The Morgan fingerprint density at radius 1 is 1.44 bits per heavy atom. The highest BCUT2D eigenvalue weighted by Crippen LogP contribution is 2.21. The number of hydrogen-bond acceptors (Lipinski definition) is 3. The number of halogens is 1. The molecule has 4 nitrogen and oxygen atoms in total. The van der Waals surface area contributed by atoms with E-state index in [-0.39, 0.29) is 12.5 Å². The van der Waals surface area contributed by atoms with Crippen LogP contribution in [-0.2, 0) is 4.79 Å². The van der Waals surface area contributed by atoms with Crippen molar-refractivity contribution >= 4 is 23.2 Å². The fraction of sp³-hybridized carbons (Fsp3) is 0.462. The molecule has 0 spiro atoms. The molecule has 0 radical (unpaired) electrons. The van der Waals surface area contributed by atoms with Crippen LogP contribution in [0.2, 0.25) is 5.02 Å². The van der Waals surface area contributed by atoms with E-state index < -0.39 is 6.04 Å². The van der Waals surface area contributed by atoms with Crippen LogP contribution in [-0.4, -0.2) is 36.8 Å². The van der Waals surface area contributed by atoms with Gasteiger partial charge in [0.25, 0.3) is 0 Å². The first-order valence-electron chi connectivity index (χ1n) is 6.03. The van der Waals surface area contributed by atoms with Crippen molar-refractivity contribution in [3.63, 3.8) is 0 Å². The Balaban J connectivity index is 2.27. The predicted octanol–water partition coefficient (Wildman–Crippen LogP) is 1.27. The molecule has 0 saturated carbocycles. The molecule has 18 heavy (non-hydrogen) atoms. The van der Waals surface area contributed by atoms with Crippen LogP contribution in [0.25, 0.3) is 0 Å². The van der Waals surface area contributed by atoms with Crippen LogP contribution in [0.15, 0.2) is 24.3 Å². The minimum atomic E-state index is -0.523. The molecule has 0 aliphatic carbocycles. The average Bonchev–Trinajstić information content (AvgIpc) is 2.50. The van der Waals surface area contributed by atoms with E-state index in [0.717, 1.165) is 12.2 Å². The van der Waals surface area contributed by atoms with Gasteiger partial charge in [0.15, 0.2) is 0 Å². The molecule has 1 fully saturated rings. The summed E-state index contributed by atoms with van der Waals surface area (Å²) in [5, 5.41) is 13.0. The van der Waals surface area contributed by atoms with Gasteiger partial charge in [0.1, 0.15) is 6.04 Å². The van der Waals surface area contributed by atoms with Crippen molar-refractivity contribution in [1.82, 2.24) is 5.32 Å². The highest BCUT2D eigenvalue weighted by molar-refractivity contribution is 6.30. The molecule has 2 atom stereocenters. The van der Waals surface area contributed by atoms with E-state index >= 15 is 0 Å². The normalized spacial score (nSPS) is 25.1. The summed E-state index contributed by atoms with van der Waals surface area (Å²) in [4.78, 5) is 14.0. The summed E-state index contributed by atoms with van der Waals surface area (Å²) in [5.74, 6) is 0.241. The van der Waals surface area contributed by atoms with E-state index in [2.05, 4.69) is 12.2 Å². The number of rotatable bonds is 2. The molecular weight excluding hydrogens is 252 g/mol. The maximum atomic E-state index is 12.3. The van der Waals surface area contributed by atoms with Gasteiger partial charge in [-0.1, -0.05) is 18.5 Å². The van der Waals surface area contributed by atoms with Gasteiger partial charge in [0.05, 0.1) is 6.61 Å². The SMILES string of the molecule is CC1CNC(CO)C(=O)N(c2ccc(Cl)cc2)C1. The molecule has 1 aromatic carbocycles. The lowest BCUT2D eigenvalue weighted by Crippen LogP contribution is -2.45. The van der Waals surface area contributed by atoms with Crippen molar-refractivity contribution in [3.05, 3.63) is 29.3 Å². The zero-order valence-electron chi connectivity index (χ0n) is 10.3. The van der Waals surface area contributed by atoms with E-state index in [9.17, 15) is 9.90 Å². The molecule has 0 aromatic heterocycles. The summed E-state index contributed by atoms with van der Waals surface area (Å²) in [6, 6.07) is 6.66. The van der Waals surface area contributed by atoms with Crippen molar-refractivity contribution in [2.45, 2.75) is 13.0 Å². The number of amides is 1. The third-order valence-electron chi connectivity index (χ3n) is 3.09. The number of aliphatic hydroxyl groups excluding tert-OH is 1. The smallest absolute Gasteiger partial charge is 0.246 e. The summed E-state index contributed by atoms with van der Waals surface area (Å²) >= 11 is 5.85. The molecule has 1 aliphatic heterocycles. The summed E-state index contributed by atoms with van der Waals surface area (Å²) < 4.78 is 0. The van der Waals surface area contributed by atoms with Crippen molar-refractivity contribution in [1.29, 1.82) is 0 Å². The topological polar surface area (TPSA) is 52.6 Å². The molecule has 2 N–H and O–H groups in total. The maximum absolute atomic E-state index is 12.3. The fourth-order valence-electron chi connectivity index (χ4n) is 2.08. The maximum Gasteiger partial charge on any atom is 0.246 e. The fourth-order valence-corrected chi connectivity index (χ4v) is 2.21. The molecule has 1 saturated heterocycles. The van der Waals surface area contributed by atoms with Gasteiger partial charge in [-0.25, -0.2) is 0 Å². The highest BCUT2D eigenvalue weighted by atomic mass is 35.5. The molecule has 1 amide bonds. The number of carbonyl (C=O) groups is 1. The number of aliphatic hydroxyl groups is 1. The molecule has 98 valence electrons. The number of benzene rings is 1. The zero-order valence-corrected chi connectivity index (χ0v) is 11.0. The van der Waals surface area contributed by atoms with Gasteiger partial charge in [-0.05, 0) is 30.2 Å². The molecule has 2 rings (SSSR count). The lowest BCUT2D eigenvalue weighted by Gasteiger charge is -2.24. The first kappa shape index (κ1) is 13.3. The molecule has 0 bridgehead atoms. The first-order valence-corrected chi connectivity index (χ1v) is 6.41. The summed E-state index contributed by atoms with van der Waals surface area (Å²) in [6.07, 6.45) is 0. The van der Waals surface area contributed by atoms with Crippen LogP contribution in [0, 0.1) is 5.92 Å². The van der Waals surface area contributed by atoms with Gasteiger partial charge in [-0.15, -0.1) is 0 Å². The van der Waals surface area contributed by atoms with E-state index in [0.29, 0.717) is 17.5 Å². The van der Waals surface area contributed by atoms with Gasteiger partial charge in [0, 0.05) is 23.8 Å². The van der Waals surface area contributed by atoms with Crippen molar-refractivity contribution < 1.29 is 9.90 Å². The second-order valence-corrected chi connectivity index (χ2v) is 5.11. The number of carbonyl (C=O) groups excluding carboxylic acids is 1. The van der Waals surface area contributed by atoms with Crippen molar-refractivity contribution in [3.8, 4) is 0 Å². The number of hydrogen-bond donors (Lipinski definition) is 2. The van der Waals surface area contributed by atoms with Gasteiger partial charge >= 0.3 is 0 Å². The van der Waals surface area contributed by atoms with Crippen LogP contribution in [0.3, 0.4) is 0 Å². The Morgan fingerprint density at radius 2 is 2.11 bits per heavy atom. The second-order valence-electron chi connectivity index (χ2n) is 4.67. The second kappa shape index (κ2) is 5.69. The largest absolute Gasteiger partial charge is 0.394 e.